The van der Waals surface area contributed by atoms with Crippen molar-refractivity contribution in [3.63, 3.8) is 0 Å². The zero-order valence-electron chi connectivity index (χ0n) is 12.4. The molecule has 0 bridgehead atoms. The van der Waals surface area contributed by atoms with Crippen LogP contribution in [0.1, 0.15) is 36.2 Å². The molecule has 0 aliphatic heterocycles. The van der Waals surface area contributed by atoms with Crippen LogP contribution in [0.2, 0.25) is 0 Å². The van der Waals surface area contributed by atoms with E-state index < -0.39 is 0 Å². The van der Waals surface area contributed by atoms with Crippen molar-refractivity contribution in [1.29, 1.82) is 0 Å². The van der Waals surface area contributed by atoms with Gasteiger partial charge in [-0.1, -0.05) is 25.1 Å². The highest BCUT2D eigenvalue weighted by atomic mass is 127. The third kappa shape index (κ3) is 3.61. The van der Waals surface area contributed by atoms with Gasteiger partial charge in [0.15, 0.2) is 0 Å². The minimum Gasteiger partial charge on any atom is -0.310 e. The fraction of sp³-hybridized carbons (Fsp3) is 0.438. The van der Waals surface area contributed by atoms with Gasteiger partial charge < -0.3 is 5.32 Å². The molecule has 0 radical (unpaired) electrons. The second kappa shape index (κ2) is 7.22. The van der Waals surface area contributed by atoms with Crippen molar-refractivity contribution in [3.8, 4) is 0 Å². The molecule has 108 valence electrons. The summed E-state index contributed by atoms with van der Waals surface area (Å²) in [4.78, 5) is 0. The summed E-state index contributed by atoms with van der Waals surface area (Å²) in [7, 11) is 2.01. The van der Waals surface area contributed by atoms with Crippen molar-refractivity contribution in [2.75, 3.05) is 6.54 Å². The van der Waals surface area contributed by atoms with Gasteiger partial charge in [-0.3, -0.25) is 4.68 Å². The number of halogens is 1. The Kier molecular flexibility index (Phi) is 5.60. The first-order valence-electron chi connectivity index (χ1n) is 7.08. The Bertz CT molecular complexity index is 563. The highest BCUT2D eigenvalue weighted by Crippen LogP contribution is 2.26. The Morgan fingerprint density at radius 1 is 1.35 bits per heavy atom. The number of rotatable bonds is 6. The molecule has 0 aliphatic rings. The first-order chi connectivity index (χ1) is 9.63. The molecular weight excluding hydrogens is 361 g/mol. The van der Waals surface area contributed by atoms with Gasteiger partial charge in [-0.25, -0.2) is 0 Å². The zero-order chi connectivity index (χ0) is 14.5. The Morgan fingerprint density at radius 3 is 2.80 bits per heavy atom. The van der Waals surface area contributed by atoms with E-state index in [0.717, 1.165) is 19.4 Å². The molecule has 20 heavy (non-hydrogen) atoms. The molecule has 2 rings (SSSR count). The molecule has 1 aromatic carbocycles. The van der Waals surface area contributed by atoms with Gasteiger partial charge in [0.05, 0.1) is 0 Å². The van der Waals surface area contributed by atoms with Gasteiger partial charge in [-0.2, -0.15) is 5.10 Å². The van der Waals surface area contributed by atoms with E-state index in [-0.39, 0.29) is 0 Å². The van der Waals surface area contributed by atoms with Crippen molar-refractivity contribution in [1.82, 2.24) is 15.1 Å². The molecule has 1 N–H and O–H groups in total. The zero-order valence-corrected chi connectivity index (χ0v) is 14.5. The Labute approximate surface area is 134 Å². The molecule has 1 unspecified atom stereocenters. The first-order valence-corrected chi connectivity index (χ1v) is 8.16. The van der Waals surface area contributed by atoms with Crippen molar-refractivity contribution in [2.24, 2.45) is 7.05 Å². The highest BCUT2D eigenvalue weighted by molar-refractivity contribution is 14.1. The topological polar surface area (TPSA) is 29.9 Å². The minimum atomic E-state index is 0.404. The molecule has 0 amide bonds. The van der Waals surface area contributed by atoms with E-state index in [4.69, 9.17) is 0 Å². The van der Waals surface area contributed by atoms with Gasteiger partial charge in [0.25, 0.3) is 0 Å². The first kappa shape index (κ1) is 15.5. The third-order valence-electron chi connectivity index (χ3n) is 3.66. The van der Waals surface area contributed by atoms with Crippen molar-refractivity contribution >= 4 is 22.6 Å². The molecule has 3 nitrogen and oxygen atoms in total. The molecule has 0 aliphatic carbocycles. The summed E-state index contributed by atoms with van der Waals surface area (Å²) in [5.74, 6) is 0. The average molecular weight is 383 g/mol. The lowest BCUT2D eigenvalue weighted by Gasteiger charge is -2.20. The quantitative estimate of drug-likeness (QED) is 0.773. The number of nitrogens with zero attached hydrogens (tertiary/aromatic N) is 2. The maximum Gasteiger partial charge on any atom is 0.0492 e. The van der Waals surface area contributed by atoms with Crippen LogP contribution >= 0.6 is 22.6 Å². The van der Waals surface area contributed by atoms with Gasteiger partial charge in [-0.15, -0.1) is 0 Å². The molecule has 2 aromatic rings. The Morgan fingerprint density at radius 2 is 2.15 bits per heavy atom. The van der Waals surface area contributed by atoms with Crippen LogP contribution in [0.5, 0.6) is 0 Å². The Hall–Kier alpha value is -0.880. The summed E-state index contributed by atoms with van der Waals surface area (Å²) in [6.07, 6.45) is 4.00. The van der Waals surface area contributed by atoms with Gasteiger partial charge in [0, 0.05) is 28.6 Å². The lowest BCUT2D eigenvalue weighted by atomic mass is 9.99. The van der Waals surface area contributed by atoms with Crippen LogP contribution in [-0.4, -0.2) is 16.3 Å². The van der Waals surface area contributed by atoms with E-state index in [1.54, 1.807) is 0 Å². The lowest BCUT2D eigenvalue weighted by Crippen LogP contribution is -2.23. The van der Waals surface area contributed by atoms with Crippen LogP contribution in [0.3, 0.4) is 0 Å². The molecule has 0 fully saturated rings. The molecule has 0 saturated carbocycles. The van der Waals surface area contributed by atoms with Crippen LogP contribution in [0, 0.1) is 10.5 Å². The van der Waals surface area contributed by atoms with Crippen LogP contribution in [-0.2, 0) is 13.5 Å². The standard InChI is InChI=1S/C16H22IN3/c1-4-18-15(9-8-13-10-11-19-20(13)3)14-7-5-6-12(2)16(14)17/h5-7,10-11,15,18H,4,8-9H2,1-3H3. The second-order valence-corrected chi connectivity index (χ2v) is 6.15. The molecule has 0 saturated heterocycles. The van der Waals surface area contributed by atoms with Crippen LogP contribution in [0.4, 0.5) is 0 Å². The third-order valence-corrected chi connectivity index (χ3v) is 5.13. The van der Waals surface area contributed by atoms with Gasteiger partial charge >= 0.3 is 0 Å². The van der Waals surface area contributed by atoms with E-state index in [0.29, 0.717) is 6.04 Å². The maximum absolute atomic E-state index is 4.24. The minimum absolute atomic E-state index is 0.404. The average Bonchev–Trinajstić information content (AvgIpc) is 2.84. The largest absolute Gasteiger partial charge is 0.310 e. The SMILES string of the molecule is CCNC(CCc1ccnn1C)c1cccc(C)c1I. The fourth-order valence-electron chi connectivity index (χ4n) is 2.49. The van der Waals surface area contributed by atoms with E-state index in [1.165, 1.54) is 20.4 Å². The number of hydrogen-bond acceptors (Lipinski definition) is 2. The van der Waals surface area contributed by atoms with E-state index in [1.807, 2.05) is 17.9 Å². The number of aryl methyl sites for hydroxylation is 3. The molecular formula is C16H22IN3. The number of hydrogen-bond donors (Lipinski definition) is 1. The van der Waals surface area contributed by atoms with Gasteiger partial charge in [0.1, 0.15) is 0 Å². The summed E-state index contributed by atoms with van der Waals surface area (Å²) in [6.45, 7) is 5.33. The van der Waals surface area contributed by atoms with Crippen molar-refractivity contribution in [3.05, 3.63) is 50.9 Å². The Balaban J connectivity index is 2.14. The molecule has 1 heterocycles. The normalized spacial score (nSPS) is 12.6. The molecule has 1 aromatic heterocycles. The monoisotopic (exact) mass is 383 g/mol. The second-order valence-electron chi connectivity index (χ2n) is 5.07. The number of benzene rings is 1. The summed E-state index contributed by atoms with van der Waals surface area (Å²) in [6, 6.07) is 9.08. The smallest absolute Gasteiger partial charge is 0.0492 e. The summed E-state index contributed by atoms with van der Waals surface area (Å²) in [5.41, 5.74) is 4.05. The number of aromatic nitrogens is 2. The highest BCUT2D eigenvalue weighted by Gasteiger charge is 2.15. The summed E-state index contributed by atoms with van der Waals surface area (Å²) in [5, 5.41) is 7.85. The van der Waals surface area contributed by atoms with Crippen LogP contribution < -0.4 is 5.32 Å². The van der Waals surface area contributed by atoms with Crippen LogP contribution in [0.25, 0.3) is 0 Å². The van der Waals surface area contributed by atoms with Gasteiger partial charge in [-0.05, 0) is 66.1 Å². The number of nitrogens with one attached hydrogen (secondary N) is 1. The fourth-order valence-corrected chi connectivity index (χ4v) is 3.23. The summed E-state index contributed by atoms with van der Waals surface area (Å²) < 4.78 is 3.34. The lowest BCUT2D eigenvalue weighted by molar-refractivity contribution is 0.504. The molecule has 4 heteroatoms. The maximum atomic E-state index is 4.24. The van der Waals surface area contributed by atoms with Crippen molar-refractivity contribution < 1.29 is 0 Å². The predicted molar refractivity (Wildman–Crippen MR) is 91.8 cm³/mol. The summed E-state index contributed by atoms with van der Waals surface area (Å²) >= 11 is 2.46. The predicted octanol–water partition coefficient (Wildman–Crippen LogP) is 3.62. The molecule has 1 atom stereocenters. The van der Waals surface area contributed by atoms with E-state index in [2.05, 4.69) is 71.1 Å². The van der Waals surface area contributed by atoms with Crippen LogP contribution in [0.15, 0.2) is 30.5 Å². The molecule has 0 spiro atoms. The van der Waals surface area contributed by atoms with E-state index in [9.17, 15) is 0 Å². The van der Waals surface area contributed by atoms with E-state index >= 15 is 0 Å². The van der Waals surface area contributed by atoms with Crippen molar-refractivity contribution in [2.45, 2.75) is 32.7 Å². The van der Waals surface area contributed by atoms with Gasteiger partial charge in [0.2, 0.25) is 0 Å².